The molecule has 2 aliphatic rings. The predicted molar refractivity (Wildman–Crippen MR) is 43.7 cm³/mol. The number of hydrogen-bond acceptors (Lipinski definition) is 1. The predicted octanol–water partition coefficient (Wildman–Crippen LogP) is 2.58. The van der Waals surface area contributed by atoms with Gasteiger partial charge in [0.05, 0.1) is 6.07 Å². The van der Waals surface area contributed by atoms with E-state index in [-0.39, 0.29) is 0 Å². The van der Waals surface area contributed by atoms with Crippen LogP contribution in [0.2, 0.25) is 0 Å². The van der Waals surface area contributed by atoms with Crippen molar-refractivity contribution in [2.45, 2.75) is 32.6 Å². The lowest BCUT2D eigenvalue weighted by atomic mass is 9.80. The maximum absolute atomic E-state index is 8.85. The Bertz CT molecular complexity index is 192. The number of nitrogens with zero attached hydrogens (tertiary/aromatic N) is 1. The van der Waals surface area contributed by atoms with Crippen LogP contribution in [-0.2, 0) is 0 Å². The zero-order valence-electron chi connectivity index (χ0n) is 7.09. The van der Waals surface area contributed by atoms with E-state index in [0.29, 0.717) is 5.92 Å². The monoisotopic (exact) mass is 149 g/mol. The van der Waals surface area contributed by atoms with Crippen LogP contribution >= 0.6 is 0 Å². The minimum Gasteiger partial charge on any atom is -0.198 e. The summed E-state index contributed by atoms with van der Waals surface area (Å²) in [7, 11) is 0. The number of fused-ring (bicyclic) bond motifs is 2. The van der Waals surface area contributed by atoms with Gasteiger partial charge in [0, 0.05) is 5.92 Å². The lowest BCUT2D eigenvalue weighted by molar-refractivity contribution is 0.275. The first-order valence-corrected chi connectivity index (χ1v) is 4.74. The molecular weight excluding hydrogens is 134 g/mol. The molecule has 2 saturated carbocycles. The third-order valence-corrected chi connectivity index (χ3v) is 3.64. The van der Waals surface area contributed by atoms with Crippen LogP contribution < -0.4 is 0 Å². The summed E-state index contributed by atoms with van der Waals surface area (Å²) in [6.07, 6.45) is 5.27. The molecule has 2 aliphatic carbocycles. The first kappa shape index (κ1) is 7.16. The fraction of sp³-hybridized carbons (Fsp3) is 0.900. The highest BCUT2D eigenvalue weighted by atomic mass is 14.5. The second kappa shape index (κ2) is 2.52. The van der Waals surface area contributed by atoms with E-state index in [1.165, 1.54) is 25.7 Å². The summed E-state index contributed by atoms with van der Waals surface area (Å²) in [6, 6.07) is 2.46. The average molecular weight is 149 g/mol. The highest BCUT2D eigenvalue weighted by Gasteiger charge is 2.45. The zero-order valence-corrected chi connectivity index (χ0v) is 7.09. The molecule has 2 rings (SSSR count). The van der Waals surface area contributed by atoms with Gasteiger partial charge in [0.25, 0.3) is 0 Å². The first-order chi connectivity index (χ1) is 5.35. The number of rotatable bonds is 1. The van der Waals surface area contributed by atoms with Gasteiger partial charge in [-0.2, -0.15) is 5.26 Å². The number of hydrogen-bond donors (Lipinski definition) is 0. The molecule has 60 valence electrons. The molecule has 2 bridgehead atoms. The molecule has 1 heteroatoms. The van der Waals surface area contributed by atoms with Gasteiger partial charge in [0.2, 0.25) is 0 Å². The first-order valence-electron chi connectivity index (χ1n) is 4.74. The van der Waals surface area contributed by atoms with E-state index in [2.05, 4.69) is 13.0 Å². The molecule has 0 saturated heterocycles. The van der Waals surface area contributed by atoms with Gasteiger partial charge in [-0.25, -0.2) is 0 Å². The molecule has 11 heavy (non-hydrogen) atoms. The van der Waals surface area contributed by atoms with Crippen molar-refractivity contribution in [3.63, 3.8) is 0 Å². The lowest BCUT2D eigenvalue weighted by Gasteiger charge is -2.23. The summed E-state index contributed by atoms with van der Waals surface area (Å²) in [5.41, 5.74) is 0. The summed E-state index contributed by atoms with van der Waals surface area (Å²) in [6.45, 7) is 2.26. The fourth-order valence-corrected chi connectivity index (χ4v) is 3.11. The van der Waals surface area contributed by atoms with E-state index in [1.807, 2.05) is 0 Å². The molecular formula is C10H15N. The van der Waals surface area contributed by atoms with Crippen LogP contribution in [0.4, 0.5) is 0 Å². The zero-order chi connectivity index (χ0) is 7.84. The summed E-state index contributed by atoms with van der Waals surface area (Å²) in [5.74, 6) is 2.99. The maximum atomic E-state index is 8.85. The van der Waals surface area contributed by atoms with Gasteiger partial charge >= 0.3 is 0 Å². The summed E-state index contributed by atoms with van der Waals surface area (Å²) >= 11 is 0. The normalized spacial score (nSPS) is 47.6. The SMILES string of the molecule is CCC1CC2CC(C#N)C1C2. The summed E-state index contributed by atoms with van der Waals surface area (Å²) in [5, 5.41) is 8.85. The Morgan fingerprint density at radius 1 is 1.36 bits per heavy atom. The molecule has 0 N–H and O–H groups in total. The molecule has 0 aromatic carbocycles. The average Bonchev–Trinajstić information content (AvgIpc) is 2.60. The van der Waals surface area contributed by atoms with Gasteiger partial charge in [-0.1, -0.05) is 13.3 Å². The summed E-state index contributed by atoms with van der Waals surface area (Å²) < 4.78 is 0. The Morgan fingerprint density at radius 3 is 2.73 bits per heavy atom. The number of nitriles is 1. The fourth-order valence-electron chi connectivity index (χ4n) is 3.11. The molecule has 0 spiro atoms. The molecule has 0 aromatic rings. The van der Waals surface area contributed by atoms with Crippen molar-refractivity contribution in [2.24, 2.45) is 23.7 Å². The second-order valence-electron chi connectivity index (χ2n) is 4.14. The van der Waals surface area contributed by atoms with Gasteiger partial charge in [-0.05, 0) is 37.0 Å². The van der Waals surface area contributed by atoms with Crippen molar-refractivity contribution >= 4 is 0 Å². The van der Waals surface area contributed by atoms with Crippen LogP contribution in [0.1, 0.15) is 32.6 Å². The van der Waals surface area contributed by atoms with E-state index >= 15 is 0 Å². The van der Waals surface area contributed by atoms with Gasteiger partial charge in [0.15, 0.2) is 0 Å². The molecule has 1 nitrogen and oxygen atoms in total. The van der Waals surface area contributed by atoms with Crippen LogP contribution in [0.25, 0.3) is 0 Å². The van der Waals surface area contributed by atoms with E-state index in [1.54, 1.807) is 0 Å². The Labute approximate surface area is 68.4 Å². The van der Waals surface area contributed by atoms with Crippen molar-refractivity contribution in [2.75, 3.05) is 0 Å². The van der Waals surface area contributed by atoms with Crippen molar-refractivity contribution in [3.05, 3.63) is 0 Å². The minimum atomic E-state index is 0.415. The smallest absolute Gasteiger partial charge is 0.0658 e. The van der Waals surface area contributed by atoms with Crippen molar-refractivity contribution in [3.8, 4) is 6.07 Å². The van der Waals surface area contributed by atoms with E-state index < -0.39 is 0 Å². The molecule has 2 fully saturated rings. The van der Waals surface area contributed by atoms with Crippen molar-refractivity contribution in [1.82, 2.24) is 0 Å². The molecule has 4 unspecified atom stereocenters. The Kier molecular flexibility index (Phi) is 1.64. The van der Waals surface area contributed by atoms with Crippen LogP contribution in [0.3, 0.4) is 0 Å². The largest absolute Gasteiger partial charge is 0.198 e. The molecule has 0 aromatic heterocycles. The highest BCUT2D eigenvalue weighted by molar-refractivity contribution is 5.02. The lowest BCUT2D eigenvalue weighted by Crippen LogP contribution is -2.17. The van der Waals surface area contributed by atoms with Gasteiger partial charge < -0.3 is 0 Å². The minimum absolute atomic E-state index is 0.415. The van der Waals surface area contributed by atoms with Crippen molar-refractivity contribution < 1.29 is 0 Å². The van der Waals surface area contributed by atoms with Crippen LogP contribution in [0.5, 0.6) is 0 Å². The van der Waals surface area contributed by atoms with Gasteiger partial charge in [0.1, 0.15) is 0 Å². The van der Waals surface area contributed by atoms with E-state index in [9.17, 15) is 0 Å². The topological polar surface area (TPSA) is 23.8 Å². The molecule has 0 amide bonds. The van der Waals surface area contributed by atoms with Crippen LogP contribution in [0.15, 0.2) is 0 Å². The summed E-state index contributed by atoms with van der Waals surface area (Å²) in [4.78, 5) is 0. The molecule has 0 aliphatic heterocycles. The Morgan fingerprint density at radius 2 is 2.18 bits per heavy atom. The maximum Gasteiger partial charge on any atom is 0.0658 e. The third-order valence-electron chi connectivity index (χ3n) is 3.64. The van der Waals surface area contributed by atoms with Crippen LogP contribution in [-0.4, -0.2) is 0 Å². The van der Waals surface area contributed by atoms with Gasteiger partial charge in [-0.15, -0.1) is 0 Å². The quantitative estimate of drug-likeness (QED) is 0.562. The second-order valence-corrected chi connectivity index (χ2v) is 4.14. The van der Waals surface area contributed by atoms with Gasteiger partial charge in [-0.3, -0.25) is 0 Å². The highest BCUT2D eigenvalue weighted by Crippen LogP contribution is 2.52. The molecule has 0 heterocycles. The standard InChI is InChI=1S/C10H15N/c1-2-8-3-7-4-9(6-11)10(8)5-7/h7-10H,2-5H2,1H3. The molecule has 4 atom stereocenters. The Hall–Kier alpha value is -0.510. The van der Waals surface area contributed by atoms with E-state index in [0.717, 1.165) is 17.8 Å². The van der Waals surface area contributed by atoms with E-state index in [4.69, 9.17) is 5.26 Å². The molecule has 0 radical (unpaired) electrons. The van der Waals surface area contributed by atoms with Crippen molar-refractivity contribution in [1.29, 1.82) is 5.26 Å². The third kappa shape index (κ3) is 0.965. The van der Waals surface area contributed by atoms with Crippen LogP contribution in [0, 0.1) is 35.0 Å². The Balaban J connectivity index is 2.09.